The number of ether oxygens (including phenoxy) is 2. The van der Waals surface area contributed by atoms with Crippen molar-refractivity contribution >= 4 is 5.91 Å². The van der Waals surface area contributed by atoms with Crippen LogP contribution in [0.15, 0.2) is 42.6 Å². The molecule has 1 N–H and O–H groups in total. The third kappa shape index (κ3) is 7.16. The number of nitrogens with zero attached hydrogens (tertiary/aromatic N) is 1. The van der Waals surface area contributed by atoms with E-state index in [1.807, 2.05) is 0 Å². The molecule has 0 bridgehead atoms. The number of halogens is 6. The lowest BCUT2D eigenvalue weighted by Gasteiger charge is -2.16. The van der Waals surface area contributed by atoms with E-state index < -0.39 is 48.8 Å². The second kappa shape index (κ2) is 9.01. The maximum Gasteiger partial charge on any atom is 0.422 e. The first-order valence-electron chi connectivity index (χ1n) is 8.19. The number of hydrogen-bond acceptors (Lipinski definition) is 4. The summed E-state index contributed by atoms with van der Waals surface area (Å²) < 4.78 is 84.5. The average molecular weight is 422 g/mol. The number of carbonyl (C=O) groups excluding carboxylic acids is 1. The molecule has 0 fully saturated rings. The highest BCUT2D eigenvalue weighted by Crippen LogP contribution is 2.35. The smallest absolute Gasteiger partial charge is 0.422 e. The zero-order valence-corrected chi connectivity index (χ0v) is 15.0. The van der Waals surface area contributed by atoms with Gasteiger partial charge in [0, 0.05) is 0 Å². The Morgan fingerprint density at radius 2 is 1.76 bits per heavy atom. The van der Waals surface area contributed by atoms with Crippen LogP contribution in [0, 0.1) is 0 Å². The molecule has 158 valence electrons. The minimum absolute atomic E-state index is 0.100. The highest BCUT2D eigenvalue weighted by atomic mass is 19.4. The fourth-order valence-corrected chi connectivity index (χ4v) is 2.23. The number of benzene rings is 1. The van der Waals surface area contributed by atoms with Gasteiger partial charge in [-0.1, -0.05) is 12.1 Å². The number of amides is 1. The lowest BCUT2D eigenvalue weighted by molar-refractivity contribution is -0.153. The summed E-state index contributed by atoms with van der Waals surface area (Å²) in [6, 6.07) is 6.43. The summed E-state index contributed by atoms with van der Waals surface area (Å²) in [5.74, 6) is -1.28. The summed E-state index contributed by atoms with van der Waals surface area (Å²) in [5, 5.41) is 2.47. The van der Waals surface area contributed by atoms with Crippen LogP contribution in [-0.2, 0) is 11.0 Å². The first-order chi connectivity index (χ1) is 13.5. The van der Waals surface area contributed by atoms with Crippen LogP contribution in [0.5, 0.6) is 11.5 Å². The van der Waals surface area contributed by atoms with E-state index in [4.69, 9.17) is 4.74 Å². The molecule has 0 radical (unpaired) electrons. The molecule has 1 aromatic heterocycles. The van der Waals surface area contributed by atoms with Gasteiger partial charge in [0.15, 0.2) is 13.2 Å². The molecule has 1 aromatic carbocycles. The summed E-state index contributed by atoms with van der Waals surface area (Å²) in [6.45, 7) is -0.582. The number of aromatic nitrogens is 1. The summed E-state index contributed by atoms with van der Waals surface area (Å²) in [6.07, 6.45) is -8.04. The standard InChI is InChI=1S/C18H16F6N2O3/c1-11(14-7-6-12(8-25-14)29-10-17(19,20)21)26-16(27)9-28-15-5-3-2-4-13(15)18(22,23)24/h2-8,11H,9-10H2,1H3,(H,26,27). The molecule has 0 aliphatic rings. The molecule has 2 rings (SSSR count). The molecule has 29 heavy (non-hydrogen) atoms. The van der Waals surface area contributed by atoms with Crippen molar-refractivity contribution < 1.29 is 40.6 Å². The van der Waals surface area contributed by atoms with Crippen molar-refractivity contribution in [1.82, 2.24) is 10.3 Å². The van der Waals surface area contributed by atoms with Crippen molar-refractivity contribution in [1.29, 1.82) is 0 Å². The van der Waals surface area contributed by atoms with Gasteiger partial charge >= 0.3 is 12.4 Å². The van der Waals surface area contributed by atoms with Crippen LogP contribution in [-0.4, -0.2) is 30.3 Å². The number of hydrogen-bond donors (Lipinski definition) is 1. The van der Waals surface area contributed by atoms with E-state index in [-0.39, 0.29) is 5.75 Å². The minimum atomic E-state index is -4.62. The van der Waals surface area contributed by atoms with Gasteiger partial charge in [0.05, 0.1) is 23.5 Å². The topological polar surface area (TPSA) is 60.5 Å². The number of para-hydroxylation sites is 1. The average Bonchev–Trinajstić information content (AvgIpc) is 2.64. The molecule has 0 saturated carbocycles. The quantitative estimate of drug-likeness (QED) is 0.676. The minimum Gasteiger partial charge on any atom is -0.483 e. The second-order valence-corrected chi connectivity index (χ2v) is 5.89. The van der Waals surface area contributed by atoms with E-state index in [9.17, 15) is 31.1 Å². The summed E-state index contributed by atoms with van der Waals surface area (Å²) in [5.41, 5.74) is -0.689. The maximum absolute atomic E-state index is 12.9. The van der Waals surface area contributed by atoms with E-state index in [2.05, 4.69) is 15.0 Å². The van der Waals surface area contributed by atoms with Crippen LogP contribution in [0.2, 0.25) is 0 Å². The Morgan fingerprint density at radius 3 is 2.34 bits per heavy atom. The highest BCUT2D eigenvalue weighted by Gasteiger charge is 2.34. The van der Waals surface area contributed by atoms with Crippen molar-refractivity contribution in [3.8, 4) is 11.5 Å². The molecular formula is C18H16F6N2O3. The fraction of sp³-hybridized carbons (Fsp3) is 0.333. The van der Waals surface area contributed by atoms with Gasteiger partial charge in [0.1, 0.15) is 11.5 Å². The molecule has 1 heterocycles. The predicted octanol–water partition coefficient (Wildman–Crippen LogP) is 4.30. The normalized spacial score (nSPS) is 12.9. The third-order valence-corrected chi connectivity index (χ3v) is 3.53. The first-order valence-corrected chi connectivity index (χ1v) is 8.19. The zero-order valence-electron chi connectivity index (χ0n) is 15.0. The highest BCUT2D eigenvalue weighted by molar-refractivity contribution is 5.78. The first kappa shape index (κ1) is 22.3. The molecule has 1 unspecified atom stereocenters. The van der Waals surface area contributed by atoms with Gasteiger partial charge in [-0.15, -0.1) is 0 Å². The van der Waals surface area contributed by atoms with Gasteiger partial charge in [-0.05, 0) is 31.2 Å². The van der Waals surface area contributed by atoms with Gasteiger partial charge in [0.25, 0.3) is 5.91 Å². The molecule has 1 atom stereocenters. The van der Waals surface area contributed by atoms with Gasteiger partial charge < -0.3 is 14.8 Å². The lowest BCUT2D eigenvalue weighted by Crippen LogP contribution is -2.32. The monoisotopic (exact) mass is 422 g/mol. The molecule has 2 aromatic rings. The zero-order chi connectivity index (χ0) is 21.7. The Bertz CT molecular complexity index is 822. The largest absolute Gasteiger partial charge is 0.483 e. The molecule has 11 heteroatoms. The number of pyridine rings is 1. The van der Waals surface area contributed by atoms with E-state index in [1.54, 1.807) is 6.92 Å². The summed E-state index contributed by atoms with van der Waals surface area (Å²) in [4.78, 5) is 15.8. The summed E-state index contributed by atoms with van der Waals surface area (Å²) in [7, 11) is 0. The Balaban J connectivity index is 1.90. The number of nitrogens with one attached hydrogen (secondary N) is 1. The Kier molecular flexibility index (Phi) is 6.93. The van der Waals surface area contributed by atoms with Crippen LogP contribution < -0.4 is 14.8 Å². The second-order valence-electron chi connectivity index (χ2n) is 5.89. The Hall–Kier alpha value is -2.98. The van der Waals surface area contributed by atoms with Crippen molar-refractivity contribution in [3.63, 3.8) is 0 Å². The lowest BCUT2D eigenvalue weighted by atomic mass is 10.2. The number of alkyl halides is 6. The van der Waals surface area contributed by atoms with Crippen molar-refractivity contribution in [2.45, 2.75) is 25.3 Å². The maximum atomic E-state index is 12.9. The van der Waals surface area contributed by atoms with Crippen LogP contribution in [0.25, 0.3) is 0 Å². The van der Waals surface area contributed by atoms with Gasteiger partial charge in [-0.2, -0.15) is 26.3 Å². The van der Waals surface area contributed by atoms with E-state index >= 15 is 0 Å². The van der Waals surface area contributed by atoms with E-state index in [0.717, 1.165) is 18.3 Å². The predicted molar refractivity (Wildman–Crippen MR) is 89.3 cm³/mol. The molecule has 5 nitrogen and oxygen atoms in total. The van der Waals surface area contributed by atoms with Crippen LogP contribution in [0.3, 0.4) is 0 Å². The molecule has 0 aliphatic heterocycles. The van der Waals surface area contributed by atoms with Crippen LogP contribution in [0.4, 0.5) is 26.3 Å². The van der Waals surface area contributed by atoms with E-state index in [1.165, 1.54) is 24.3 Å². The Labute approximate surface area is 161 Å². The molecule has 0 aliphatic carbocycles. The number of rotatable bonds is 7. The van der Waals surface area contributed by atoms with Crippen molar-refractivity contribution in [2.75, 3.05) is 13.2 Å². The van der Waals surface area contributed by atoms with Crippen LogP contribution >= 0.6 is 0 Å². The van der Waals surface area contributed by atoms with Crippen molar-refractivity contribution in [2.24, 2.45) is 0 Å². The SMILES string of the molecule is CC(NC(=O)COc1ccccc1C(F)(F)F)c1ccc(OCC(F)(F)F)cn1. The Morgan fingerprint density at radius 1 is 1.07 bits per heavy atom. The molecule has 0 spiro atoms. The number of carbonyl (C=O) groups is 1. The summed E-state index contributed by atoms with van der Waals surface area (Å²) >= 11 is 0. The van der Waals surface area contributed by atoms with Gasteiger partial charge in [-0.3, -0.25) is 9.78 Å². The third-order valence-electron chi connectivity index (χ3n) is 3.53. The molecular weight excluding hydrogens is 406 g/mol. The van der Waals surface area contributed by atoms with E-state index in [0.29, 0.717) is 5.69 Å². The van der Waals surface area contributed by atoms with Gasteiger partial charge in [-0.25, -0.2) is 0 Å². The molecule has 1 amide bonds. The fourth-order valence-electron chi connectivity index (χ4n) is 2.23. The van der Waals surface area contributed by atoms with Gasteiger partial charge in [0.2, 0.25) is 0 Å². The molecule has 0 saturated heterocycles. The van der Waals surface area contributed by atoms with Crippen LogP contribution in [0.1, 0.15) is 24.2 Å². The van der Waals surface area contributed by atoms with Crippen molar-refractivity contribution in [3.05, 3.63) is 53.9 Å².